The van der Waals surface area contributed by atoms with E-state index in [9.17, 15) is 12.8 Å². The normalized spacial score (nSPS) is 11.9. The van der Waals surface area contributed by atoms with Crippen LogP contribution in [0.5, 0.6) is 0 Å². The molecule has 0 N–H and O–H groups in total. The van der Waals surface area contributed by atoms with Gasteiger partial charge in [-0.2, -0.15) is 0 Å². The number of rotatable bonds is 1. The van der Waals surface area contributed by atoms with Gasteiger partial charge in [-0.15, -0.1) is 0 Å². The Hall–Kier alpha value is -0.650. The van der Waals surface area contributed by atoms with E-state index in [1.165, 1.54) is 30.3 Å². The molecule has 0 aliphatic carbocycles. The Morgan fingerprint density at radius 1 is 1.19 bits per heavy atom. The first-order valence-corrected chi connectivity index (χ1v) is 7.33. The van der Waals surface area contributed by atoms with E-state index in [1.54, 1.807) is 0 Å². The van der Waals surface area contributed by atoms with Crippen molar-refractivity contribution in [1.29, 1.82) is 0 Å². The van der Waals surface area contributed by atoms with E-state index in [2.05, 4.69) is 15.9 Å². The van der Waals surface area contributed by atoms with Gasteiger partial charge in [0.2, 0.25) is 0 Å². The lowest BCUT2D eigenvalue weighted by atomic mass is 10.1. The molecule has 0 spiro atoms. The molecular formula is C10H5BrClFO2S. The summed E-state index contributed by atoms with van der Waals surface area (Å²) < 4.78 is 36.6. The maximum atomic E-state index is 13.5. The van der Waals surface area contributed by atoms with Crippen LogP contribution in [0.4, 0.5) is 4.39 Å². The monoisotopic (exact) mass is 322 g/mol. The first kappa shape index (κ1) is 11.8. The van der Waals surface area contributed by atoms with Gasteiger partial charge in [0.15, 0.2) is 0 Å². The Balaban J connectivity index is 3.02. The van der Waals surface area contributed by atoms with E-state index >= 15 is 0 Å². The van der Waals surface area contributed by atoms with Crippen LogP contribution in [-0.4, -0.2) is 8.42 Å². The van der Waals surface area contributed by atoms with Crippen molar-refractivity contribution in [3.05, 3.63) is 40.6 Å². The molecule has 16 heavy (non-hydrogen) atoms. The predicted molar refractivity (Wildman–Crippen MR) is 64.6 cm³/mol. The topological polar surface area (TPSA) is 34.1 Å². The van der Waals surface area contributed by atoms with Crippen molar-refractivity contribution in [2.45, 2.75) is 4.90 Å². The van der Waals surface area contributed by atoms with Crippen molar-refractivity contribution in [3.8, 4) is 0 Å². The van der Waals surface area contributed by atoms with Crippen molar-refractivity contribution in [2.24, 2.45) is 0 Å². The van der Waals surface area contributed by atoms with Crippen LogP contribution in [0.3, 0.4) is 0 Å². The second kappa shape index (κ2) is 3.98. The summed E-state index contributed by atoms with van der Waals surface area (Å²) in [6, 6.07) is 7.01. The molecule has 2 rings (SSSR count). The van der Waals surface area contributed by atoms with Gasteiger partial charge in [-0.25, -0.2) is 12.8 Å². The fourth-order valence-electron chi connectivity index (χ4n) is 1.51. The van der Waals surface area contributed by atoms with E-state index in [0.717, 1.165) is 0 Å². The Morgan fingerprint density at radius 2 is 1.88 bits per heavy atom. The Kier molecular flexibility index (Phi) is 2.94. The van der Waals surface area contributed by atoms with E-state index in [4.69, 9.17) is 10.7 Å². The summed E-state index contributed by atoms with van der Waals surface area (Å²) in [5, 5.41) is 0.480. The molecule has 0 unspecified atom stereocenters. The summed E-state index contributed by atoms with van der Waals surface area (Å²) in [5.74, 6) is -0.494. The van der Waals surface area contributed by atoms with Crippen molar-refractivity contribution in [1.82, 2.24) is 0 Å². The SMILES string of the molecule is O=S(=O)(Cl)c1ccc(Br)c2c(F)cccc12. The average Bonchev–Trinajstić information content (AvgIpc) is 2.16. The van der Waals surface area contributed by atoms with E-state index in [1.807, 2.05) is 0 Å². The quantitative estimate of drug-likeness (QED) is 0.750. The molecule has 0 atom stereocenters. The molecular weight excluding hydrogens is 319 g/mol. The third-order valence-electron chi connectivity index (χ3n) is 2.16. The molecule has 84 valence electrons. The Bertz CT molecular complexity index is 662. The maximum absolute atomic E-state index is 13.5. The van der Waals surface area contributed by atoms with Gasteiger partial charge >= 0.3 is 0 Å². The number of hydrogen-bond donors (Lipinski definition) is 0. The molecule has 2 aromatic rings. The van der Waals surface area contributed by atoms with Crippen LogP contribution in [0.2, 0.25) is 0 Å². The molecule has 0 aliphatic heterocycles. The summed E-state index contributed by atoms with van der Waals surface area (Å²) in [6.45, 7) is 0. The van der Waals surface area contributed by atoms with Crippen LogP contribution >= 0.6 is 26.6 Å². The number of fused-ring (bicyclic) bond motifs is 1. The third kappa shape index (κ3) is 1.95. The van der Waals surface area contributed by atoms with Gasteiger partial charge in [0.1, 0.15) is 5.82 Å². The van der Waals surface area contributed by atoms with E-state index in [0.29, 0.717) is 4.47 Å². The molecule has 2 nitrogen and oxygen atoms in total. The number of halogens is 3. The van der Waals surface area contributed by atoms with Crippen LogP contribution in [0, 0.1) is 5.82 Å². The lowest BCUT2D eigenvalue weighted by molar-refractivity contribution is 0.610. The van der Waals surface area contributed by atoms with E-state index < -0.39 is 14.9 Å². The van der Waals surface area contributed by atoms with Crippen LogP contribution in [0.25, 0.3) is 10.8 Å². The highest BCUT2D eigenvalue weighted by Crippen LogP contribution is 2.32. The third-order valence-corrected chi connectivity index (χ3v) is 4.20. The highest BCUT2D eigenvalue weighted by Gasteiger charge is 2.17. The van der Waals surface area contributed by atoms with Crippen LogP contribution in [0.1, 0.15) is 0 Å². The Morgan fingerprint density at radius 3 is 2.50 bits per heavy atom. The average molecular weight is 324 g/mol. The minimum Gasteiger partial charge on any atom is -0.207 e. The van der Waals surface area contributed by atoms with Crippen molar-refractivity contribution < 1.29 is 12.8 Å². The minimum atomic E-state index is -3.88. The minimum absolute atomic E-state index is 0.0909. The zero-order chi connectivity index (χ0) is 11.9. The molecule has 0 aliphatic rings. The fourth-order valence-corrected chi connectivity index (χ4v) is 3.11. The molecule has 0 amide bonds. The lowest BCUT2D eigenvalue weighted by Gasteiger charge is -2.06. The van der Waals surface area contributed by atoms with Crippen LogP contribution < -0.4 is 0 Å². The second-order valence-electron chi connectivity index (χ2n) is 3.15. The molecule has 0 fully saturated rings. The molecule has 0 bridgehead atoms. The van der Waals surface area contributed by atoms with Crippen LogP contribution in [-0.2, 0) is 9.05 Å². The molecule has 0 aromatic heterocycles. The molecule has 0 heterocycles. The molecule has 0 saturated heterocycles. The van der Waals surface area contributed by atoms with E-state index in [-0.39, 0.29) is 15.7 Å². The second-order valence-corrected chi connectivity index (χ2v) is 6.53. The van der Waals surface area contributed by atoms with Gasteiger partial charge in [-0.3, -0.25) is 0 Å². The van der Waals surface area contributed by atoms with Gasteiger partial charge < -0.3 is 0 Å². The van der Waals surface area contributed by atoms with Gasteiger partial charge in [0.25, 0.3) is 9.05 Å². The van der Waals surface area contributed by atoms with Gasteiger partial charge in [-0.1, -0.05) is 28.1 Å². The summed E-state index contributed by atoms with van der Waals surface area (Å²) in [4.78, 5) is -0.0909. The number of benzene rings is 2. The zero-order valence-corrected chi connectivity index (χ0v) is 10.9. The fraction of sp³-hybridized carbons (Fsp3) is 0. The highest BCUT2D eigenvalue weighted by atomic mass is 79.9. The maximum Gasteiger partial charge on any atom is 0.261 e. The smallest absolute Gasteiger partial charge is 0.207 e. The van der Waals surface area contributed by atoms with Gasteiger partial charge in [0.05, 0.1) is 4.90 Å². The van der Waals surface area contributed by atoms with Gasteiger partial charge in [0, 0.05) is 25.9 Å². The van der Waals surface area contributed by atoms with Crippen molar-refractivity contribution in [2.75, 3.05) is 0 Å². The number of hydrogen-bond acceptors (Lipinski definition) is 2. The summed E-state index contributed by atoms with van der Waals surface area (Å²) in [6.07, 6.45) is 0. The van der Waals surface area contributed by atoms with Crippen molar-refractivity contribution in [3.63, 3.8) is 0 Å². The zero-order valence-electron chi connectivity index (χ0n) is 7.75. The Labute approximate surface area is 105 Å². The van der Waals surface area contributed by atoms with Crippen molar-refractivity contribution >= 4 is 46.4 Å². The largest absolute Gasteiger partial charge is 0.261 e. The summed E-state index contributed by atoms with van der Waals surface area (Å²) >= 11 is 3.17. The molecule has 6 heteroatoms. The first-order valence-electron chi connectivity index (χ1n) is 4.22. The molecule has 0 radical (unpaired) electrons. The summed E-state index contributed by atoms with van der Waals surface area (Å²) in [5.41, 5.74) is 0. The standard InChI is InChI=1S/C10H5BrClFO2S/c11-7-4-5-9(16(12,14)15)6-2-1-3-8(13)10(6)7/h1-5H. The lowest BCUT2D eigenvalue weighted by Crippen LogP contribution is -1.93. The molecule has 2 aromatic carbocycles. The van der Waals surface area contributed by atoms with Crippen LogP contribution in [0.15, 0.2) is 39.7 Å². The summed E-state index contributed by atoms with van der Waals surface area (Å²) in [7, 11) is 1.40. The highest BCUT2D eigenvalue weighted by molar-refractivity contribution is 9.10. The predicted octanol–water partition coefficient (Wildman–Crippen LogP) is 3.67. The first-order chi connectivity index (χ1) is 7.41. The van der Waals surface area contributed by atoms with Gasteiger partial charge in [-0.05, 0) is 18.2 Å². The molecule has 0 saturated carbocycles.